The van der Waals surface area contributed by atoms with Gasteiger partial charge in [-0.2, -0.15) is 18.4 Å². The van der Waals surface area contributed by atoms with Crippen LogP contribution in [0.2, 0.25) is 0 Å². The number of nitrogens with one attached hydrogen (secondary N) is 1. The van der Waals surface area contributed by atoms with E-state index in [0.717, 1.165) is 6.07 Å². The van der Waals surface area contributed by atoms with Gasteiger partial charge >= 0.3 is 6.18 Å². The molecule has 0 atom stereocenters. The summed E-state index contributed by atoms with van der Waals surface area (Å²) in [5, 5.41) is 11.3. The van der Waals surface area contributed by atoms with Gasteiger partial charge in [-0.1, -0.05) is 0 Å². The summed E-state index contributed by atoms with van der Waals surface area (Å²) in [6.07, 6.45) is -4.53. The van der Waals surface area contributed by atoms with Crippen molar-refractivity contribution in [2.24, 2.45) is 0 Å². The molecule has 0 spiro atoms. The van der Waals surface area contributed by atoms with Crippen LogP contribution in [0.25, 0.3) is 0 Å². The van der Waals surface area contributed by atoms with Gasteiger partial charge in [-0.3, -0.25) is 0 Å². The highest BCUT2D eigenvalue weighted by Gasteiger charge is 2.33. The van der Waals surface area contributed by atoms with Crippen molar-refractivity contribution in [3.63, 3.8) is 0 Å². The van der Waals surface area contributed by atoms with Crippen molar-refractivity contribution in [3.8, 4) is 6.07 Å². The van der Waals surface area contributed by atoms with Gasteiger partial charge in [-0.05, 0) is 46.3 Å². The molecule has 0 unspecified atom stereocenters. The molecule has 1 heterocycles. The fourth-order valence-corrected chi connectivity index (χ4v) is 1.97. The first kappa shape index (κ1) is 14.5. The Morgan fingerprint density at radius 2 is 2.00 bits per heavy atom. The van der Waals surface area contributed by atoms with Gasteiger partial charge in [0.15, 0.2) is 4.67 Å². The normalized spacial score (nSPS) is 11.2. The van der Waals surface area contributed by atoms with E-state index in [-0.39, 0.29) is 17.8 Å². The van der Waals surface area contributed by atoms with Gasteiger partial charge in [-0.15, -0.1) is 0 Å². The van der Waals surface area contributed by atoms with Crippen LogP contribution in [0, 0.1) is 11.3 Å². The SMILES string of the molecule is N#Cc1ccc(NCc2ccc(Br)o2)c(C(F)(F)F)c1. The van der Waals surface area contributed by atoms with Crippen LogP contribution >= 0.6 is 15.9 Å². The molecule has 0 aliphatic rings. The second-order valence-electron chi connectivity index (χ2n) is 3.93. The first-order valence-corrected chi connectivity index (χ1v) is 6.29. The lowest BCUT2D eigenvalue weighted by Gasteiger charge is -2.14. The van der Waals surface area contributed by atoms with Gasteiger partial charge in [0, 0.05) is 5.69 Å². The van der Waals surface area contributed by atoms with Gasteiger partial charge in [-0.25, -0.2) is 0 Å². The molecule has 1 aromatic heterocycles. The Kier molecular flexibility index (Phi) is 4.04. The quantitative estimate of drug-likeness (QED) is 0.888. The number of nitriles is 1. The summed E-state index contributed by atoms with van der Waals surface area (Å²) in [6.45, 7) is 0.112. The third-order valence-electron chi connectivity index (χ3n) is 2.54. The van der Waals surface area contributed by atoms with Crippen molar-refractivity contribution >= 4 is 21.6 Å². The molecule has 0 aliphatic heterocycles. The summed E-state index contributed by atoms with van der Waals surface area (Å²) < 4.78 is 44.4. The summed E-state index contributed by atoms with van der Waals surface area (Å²) in [5.74, 6) is 0.495. The number of rotatable bonds is 3. The smallest absolute Gasteiger partial charge is 0.418 e. The zero-order valence-corrected chi connectivity index (χ0v) is 11.5. The molecule has 0 saturated heterocycles. The van der Waals surface area contributed by atoms with Crippen LogP contribution in [0.1, 0.15) is 16.9 Å². The van der Waals surface area contributed by atoms with E-state index in [9.17, 15) is 13.2 Å². The molecule has 0 bridgehead atoms. The fraction of sp³-hybridized carbons (Fsp3) is 0.154. The number of nitrogens with zero attached hydrogens (tertiary/aromatic N) is 1. The zero-order chi connectivity index (χ0) is 14.8. The van der Waals surface area contributed by atoms with Crippen molar-refractivity contribution in [1.29, 1.82) is 5.26 Å². The average molecular weight is 345 g/mol. The fourth-order valence-electron chi connectivity index (χ4n) is 1.63. The van der Waals surface area contributed by atoms with Crippen LogP contribution in [0.3, 0.4) is 0 Å². The third-order valence-corrected chi connectivity index (χ3v) is 2.96. The minimum Gasteiger partial charge on any atom is -0.452 e. The Morgan fingerprint density at radius 1 is 1.25 bits per heavy atom. The molecule has 1 N–H and O–H groups in total. The maximum atomic E-state index is 12.9. The van der Waals surface area contributed by atoms with E-state index >= 15 is 0 Å². The van der Waals surface area contributed by atoms with E-state index in [1.165, 1.54) is 12.1 Å². The van der Waals surface area contributed by atoms with Crippen LogP contribution in [0.4, 0.5) is 18.9 Å². The summed E-state index contributed by atoms with van der Waals surface area (Å²) in [7, 11) is 0. The molecular formula is C13H8BrF3N2O. The van der Waals surface area contributed by atoms with Crippen molar-refractivity contribution in [1.82, 2.24) is 0 Å². The molecule has 2 rings (SSSR count). The predicted octanol–water partition coefficient (Wildman–Crippen LogP) is 4.54. The molecule has 0 amide bonds. The molecule has 2 aromatic rings. The van der Waals surface area contributed by atoms with Gasteiger partial charge in [0.1, 0.15) is 5.76 Å². The van der Waals surface area contributed by atoms with Gasteiger partial charge in [0.05, 0.1) is 23.7 Å². The first-order chi connectivity index (χ1) is 9.40. The zero-order valence-electron chi connectivity index (χ0n) is 9.96. The molecule has 0 aliphatic carbocycles. The molecule has 1 aromatic carbocycles. The van der Waals surface area contributed by atoms with Gasteiger partial charge in [0.2, 0.25) is 0 Å². The lowest BCUT2D eigenvalue weighted by Crippen LogP contribution is -2.11. The Balaban J connectivity index is 2.25. The predicted molar refractivity (Wildman–Crippen MR) is 69.9 cm³/mol. The molecule has 20 heavy (non-hydrogen) atoms. The lowest BCUT2D eigenvalue weighted by atomic mass is 10.1. The van der Waals surface area contributed by atoms with Crippen LogP contribution in [-0.2, 0) is 12.7 Å². The maximum absolute atomic E-state index is 12.9. The largest absolute Gasteiger partial charge is 0.452 e. The van der Waals surface area contributed by atoms with Crippen LogP contribution in [-0.4, -0.2) is 0 Å². The van der Waals surface area contributed by atoms with E-state index in [1.807, 2.05) is 0 Å². The van der Waals surface area contributed by atoms with Crippen molar-refractivity contribution in [3.05, 3.63) is 51.9 Å². The topological polar surface area (TPSA) is 49.0 Å². The number of hydrogen-bond donors (Lipinski definition) is 1. The van der Waals surface area contributed by atoms with Crippen molar-refractivity contribution in [2.45, 2.75) is 12.7 Å². The molecule has 0 saturated carbocycles. The Bertz CT molecular complexity index is 658. The Labute approximate surface area is 121 Å². The van der Waals surface area contributed by atoms with Crippen LogP contribution in [0.15, 0.2) is 39.4 Å². The highest BCUT2D eigenvalue weighted by Crippen LogP contribution is 2.35. The summed E-state index contributed by atoms with van der Waals surface area (Å²) >= 11 is 3.11. The second-order valence-corrected chi connectivity index (χ2v) is 4.71. The van der Waals surface area contributed by atoms with E-state index < -0.39 is 11.7 Å². The Morgan fingerprint density at radius 3 is 2.55 bits per heavy atom. The molecular weight excluding hydrogens is 337 g/mol. The molecule has 0 fully saturated rings. The number of anilines is 1. The summed E-state index contributed by atoms with van der Waals surface area (Å²) in [4.78, 5) is 0. The van der Waals surface area contributed by atoms with Gasteiger partial charge in [0.25, 0.3) is 0 Å². The Hall–Kier alpha value is -1.94. The van der Waals surface area contributed by atoms with Crippen LogP contribution in [0.5, 0.6) is 0 Å². The number of alkyl halides is 3. The second kappa shape index (κ2) is 5.59. The van der Waals surface area contributed by atoms with Crippen molar-refractivity contribution < 1.29 is 17.6 Å². The standard InChI is InChI=1S/C13H8BrF3N2O/c14-12-4-2-9(20-12)7-19-11-3-1-8(6-18)5-10(11)13(15,16)17/h1-5,19H,7H2. The number of furan rings is 1. The highest BCUT2D eigenvalue weighted by molar-refractivity contribution is 9.10. The minimum atomic E-state index is -4.53. The molecule has 3 nitrogen and oxygen atoms in total. The number of halogens is 4. The molecule has 104 valence electrons. The summed E-state index contributed by atoms with van der Waals surface area (Å²) in [5.41, 5.74) is -1.00. The number of benzene rings is 1. The number of hydrogen-bond acceptors (Lipinski definition) is 3. The first-order valence-electron chi connectivity index (χ1n) is 5.49. The van der Waals surface area contributed by atoms with Crippen molar-refractivity contribution in [2.75, 3.05) is 5.32 Å². The lowest BCUT2D eigenvalue weighted by molar-refractivity contribution is -0.137. The van der Waals surface area contributed by atoms with Gasteiger partial charge < -0.3 is 9.73 Å². The summed E-state index contributed by atoms with van der Waals surface area (Å²) in [6, 6.07) is 8.38. The highest BCUT2D eigenvalue weighted by atomic mass is 79.9. The molecule has 7 heteroatoms. The van der Waals surface area contributed by atoms with E-state index in [2.05, 4.69) is 21.2 Å². The third kappa shape index (κ3) is 3.33. The van der Waals surface area contributed by atoms with E-state index in [1.54, 1.807) is 18.2 Å². The van der Waals surface area contributed by atoms with E-state index in [0.29, 0.717) is 10.4 Å². The van der Waals surface area contributed by atoms with E-state index in [4.69, 9.17) is 9.68 Å². The average Bonchev–Trinajstić information content (AvgIpc) is 2.81. The minimum absolute atomic E-state index is 0.0383. The monoisotopic (exact) mass is 344 g/mol. The molecule has 0 radical (unpaired) electrons. The van der Waals surface area contributed by atoms with Crippen LogP contribution < -0.4 is 5.32 Å². The maximum Gasteiger partial charge on any atom is 0.418 e.